The zero-order chi connectivity index (χ0) is 14.9. The fourth-order valence-electron chi connectivity index (χ4n) is 1.20. The summed E-state index contributed by atoms with van der Waals surface area (Å²) >= 11 is 0. The minimum Gasteiger partial charge on any atom is -0.415 e. The van der Waals surface area contributed by atoms with Gasteiger partial charge in [0.15, 0.2) is 17.3 Å². The molecule has 0 aliphatic carbocycles. The van der Waals surface area contributed by atoms with Gasteiger partial charge in [-0.3, -0.25) is 0 Å². The number of halogens is 5. The number of rotatable bonds is 2. The van der Waals surface area contributed by atoms with Gasteiger partial charge in [-0.25, -0.2) is 23.5 Å². The Morgan fingerprint density at radius 3 is 2.05 bits per heavy atom. The first kappa shape index (κ1) is 13.8. The summed E-state index contributed by atoms with van der Waals surface area (Å²) in [5.74, 6) is -11.3. The molecule has 0 fully saturated rings. The van der Waals surface area contributed by atoms with Gasteiger partial charge in [-0.2, -0.15) is 13.2 Å². The predicted molar refractivity (Wildman–Crippen MR) is 53.2 cm³/mol. The number of benzene rings is 1. The Morgan fingerprint density at radius 2 is 1.55 bits per heavy atom. The molecule has 1 heterocycles. The summed E-state index contributed by atoms with van der Waals surface area (Å²) in [5, 5.41) is 0. The molecule has 9 heteroatoms. The first-order chi connectivity index (χ1) is 9.40. The maximum atomic E-state index is 13.2. The molecule has 0 N–H and O–H groups in total. The van der Waals surface area contributed by atoms with E-state index in [0.29, 0.717) is 12.4 Å². The number of aromatic nitrogens is 2. The lowest BCUT2D eigenvalue weighted by Crippen LogP contribution is -2.14. The van der Waals surface area contributed by atoms with Crippen molar-refractivity contribution in [2.45, 2.75) is 0 Å². The van der Waals surface area contributed by atoms with E-state index in [-0.39, 0.29) is 6.07 Å². The molecule has 0 saturated carbocycles. The van der Waals surface area contributed by atoms with E-state index in [2.05, 4.69) is 14.7 Å². The van der Waals surface area contributed by atoms with Crippen LogP contribution in [0.2, 0.25) is 0 Å². The minimum absolute atomic E-state index is 0.0420. The van der Waals surface area contributed by atoms with Gasteiger partial charge >= 0.3 is 5.97 Å². The van der Waals surface area contributed by atoms with Crippen molar-refractivity contribution in [3.8, 4) is 5.75 Å². The molecule has 0 atom stereocenters. The van der Waals surface area contributed by atoms with E-state index in [1.54, 1.807) is 0 Å². The molecule has 20 heavy (non-hydrogen) atoms. The molecule has 0 radical (unpaired) electrons. The van der Waals surface area contributed by atoms with E-state index in [9.17, 15) is 26.7 Å². The highest BCUT2D eigenvalue weighted by molar-refractivity contribution is 5.88. The number of esters is 1. The molecule has 1 aromatic heterocycles. The first-order valence-electron chi connectivity index (χ1n) is 4.93. The Hall–Kier alpha value is -2.58. The van der Waals surface area contributed by atoms with Crippen molar-refractivity contribution in [2.75, 3.05) is 0 Å². The Kier molecular flexibility index (Phi) is 3.59. The monoisotopic (exact) mass is 289 g/mol. The molecule has 0 bridgehead atoms. The topological polar surface area (TPSA) is 52.1 Å². The number of hydrogen-bond acceptors (Lipinski definition) is 4. The molecule has 1 aromatic carbocycles. The first-order valence-corrected chi connectivity index (χ1v) is 4.93. The Morgan fingerprint density at radius 1 is 0.950 bits per heavy atom. The number of carbonyl (C=O) groups is 1. The fourth-order valence-corrected chi connectivity index (χ4v) is 1.20. The lowest BCUT2D eigenvalue weighted by molar-refractivity contribution is 0.0710. The SMILES string of the molecule is O=C(Oc1c(F)c(F)cc(F)c1F)c1cnc([18F])cn1. The van der Waals surface area contributed by atoms with Crippen molar-refractivity contribution < 1.29 is 31.5 Å². The molecule has 0 unspecified atom stereocenters. The van der Waals surface area contributed by atoms with Crippen molar-refractivity contribution >= 4 is 5.97 Å². The summed E-state index contributed by atoms with van der Waals surface area (Å²) in [6.07, 6.45) is 1.18. The van der Waals surface area contributed by atoms with Crippen LogP contribution in [0.3, 0.4) is 0 Å². The van der Waals surface area contributed by atoms with E-state index < -0.39 is 46.6 Å². The highest BCUT2D eigenvalue weighted by atomic mass is 19.2. The van der Waals surface area contributed by atoms with Gasteiger partial charge in [-0.1, -0.05) is 0 Å². The van der Waals surface area contributed by atoms with Gasteiger partial charge in [0, 0.05) is 6.07 Å². The van der Waals surface area contributed by atoms with E-state index in [1.807, 2.05) is 0 Å². The number of carbonyl (C=O) groups excluding carboxylic acids is 1. The third-order valence-electron chi connectivity index (χ3n) is 2.10. The molecule has 0 amide bonds. The van der Waals surface area contributed by atoms with Crippen LogP contribution in [-0.2, 0) is 0 Å². The molecule has 0 spiro atoms. The van der Waals surface area contributed by atoms with E-state index in [4.69, 9.17) is 0 Å². The van der Waals surface area contributed by atoms with Gasteiger partial charge in [-0.05, 0) is 0 Å². The van der Waals surface area contributed by atoms with E-state index in [1.165, 1.54) is 0 Å². The van der Waals surface area contributed by atoms with Crippen LogP contribution >= 0.6 is 0 Å². The molecule has 0 aliphatic heterocycles. The maximum Gasteiger partial charge on any atom is 0.364 e. The average molecular weight is 289 g/mol. The largest absolute Gasteiger partial charge is 0.415 e. The number of hydrogen-bond donors (Lipinski definition) is 0. The van der Waals surface area contributed by atoms with Crippen LogP contribution in [0.5, 0.6) is 5.75 Å². The van der Waals surface area contributed by atoms with E-state index >= 15 is 0 Å². The smallest absolute Gasteiger partial charge is 0.364 e. The quantitative estimate of drug-likeness (QED) is 0.369. The lowest BCUT2D eigenvalue weighted by Gasteiger charge is -2.07. The van der Waals surface area contributed by atoms with Crippen molar-refractivity contribution in [3.63, 3.8) is 0 Å². The molecule has 104 valence electrons. The third-order valence-corrected chi connectivity index (χ3v) is 2.10. The normalized spacial score (nSPS) is 10.4. The number of ether oxygens (including phenoxy) is 1. The summed E-state index contributed by atoms with van der Waals surface area (Å²) < 4.78 is 68.8. The second-order valence-corrected chi connectivity index (χ2v) is 3.41. The third kappa shape index (κ3) is 2.56. The average Bonchev–Trinajstić information content (AvgIpc) is 2.42. The van der Waals surface area contributed by atoms with Crippen LogP contribution in [0.25, 0.3) is 0 Å². The molecule has 2 rings (SSSR count). The number of nitrogens with zero attached hydrogens (tertiary/aromatic N) is 2. The van der Waals surface area contributed by atoms with Crippen LogP contribution in [0, 0.1) is 29.2 Å². The standard InChI is InChI=1S/C11H3F5N2O2/c12-4-1-5(13)9(16)10(8(4)15)20-11(19)6-2-18-7(14)3-17-6/h1-3H/i14-1. The van der Waals surface area contributed by atoms with Crippen molar-refractivity contribution in [1.82, 2.24) is 9.97 Å². The summed E-state index contributed by atoms with van der Waals surface area (Å²) in [6, 6.07) is -0.0420. The van der Waals surface area contributed by atoms with Crippen LogP contribution in [-0.4, -0.2) is 15.9 Å². The van der Waals surface area contributed by atoms with Crippen molar-refractivity contribution in [3.05, 3.63) is 53.4 Å². The van der Waals surface area contributed by atoms with Gasteiger partial charge in [0.1, 0.15) is 0 Å². The van der Waals surface area contributed by atoms with Gasteiger partial charge in [0.25, 0.3) is 0 Å². The van der Waals surface area contributed by atoms with Crippen molar-refractivity contribution in [2.24, 2.45) is 0 Å². The Labute approximate surface area is 107 Å². The molecule has 0 aliphatic rings. The summed E-state index contributed by atoms with van der Waals surface area (Å²) in [6.45, 7) is 0. The molecular weight excluding hydrogens is 286 g/mol. The molecule has 4 nitrogen and oxygen atoms in total. The zero-order valence-corrected chi connectivity index (χ0v) is 9.33. The summed E-state index contributed by atoms with van der Waals surface area (Å²) in [5.41, 5.74) is -0.602. The Balaban J connectivity index is 2.35. The van der Waals surface area contributed by atoms with Crippen LogP contribution in [0.15, 0.2) is 18.5 Å². The molecule has 2 aromatic rings. The second kappa shape index (κ2) is 5.19. The zero-order valence-electron chi connectivity index (χ0n) is 9.33. The lowest BCUT2D eigenvalue weighted by atomic mass is 10.3. The van der Waals surface area contributed by atoms with Crippen LogP contribution in [0.1, 0.15) is 10.5 Å². The van der Waals surface area contributed by atoms with Gasteiger partial charge in [0.2, 0.25) is 23.3 Å². The second-order valence-electron chi connectivity index (χ2n) is 3.41. The van der Waals surface area contributed by atoms with Crippen molar-refractivity contribution in [1.29, 1.82) is 0 Å². The van der Waals surface area contributed by atoms with Gasteiger partial charge in [0.05, 0.1) is 12.4 Å². The fraction of sp³-hybridized carbons (Fsp3) is 0. The highest BCUT2D eigenvalue weighted by Crippen LogP contribution is 2.26. The van der Waals surface area contributed by atoms with E-state index in [0.717, 1.165) is 0 Å². The van der Waals surface area contributed by atoms with Gasteiger partial charge in [-0.15, -0.1) is 0 Å². The molecule has 0 saturated heterocycles. The maximum absolute atomic E-state index is 13.2. The predicted octanol–water partition coefficient (Wildman–Crippen LogP) is 2.39. The molecular formula is C11H3F5N2O2. The summed E-state index contributed by atoms with van der Waals surface area (Å²) in [4.78, 5) is 17.7. The van der Waals surface area contributed by atoms with Crippen LogP contribution < -0.4 is 4.74 Å². The van der Waals surface area contributed by atoms with Crippen LogP contribution in [0.4, 0.5) is 22.0 Å². The highest BCUT2D eigenvalue weighted by Gasteiger charge is 2.24. The Bertz CT molecular complexity index is 649. The minimum atomic E-state index is -1.88. The summed E-state index contributed by atoms with van der Waals surface area (Å²) in [7, 11) is 0. The van der Waals surface area contributed by atoms with Gasteiger partial charge < -0.3 is 4.74 Å².